The molecule has 0 aromatic heterocycles. The maximum absolute atomic E-state index is 11.5. The lowest BCUT2D eigenvalue weighted by Gasteiger charge is -2.49. The number of nitrogens with two attached hydrogens (primary N) is 3. The maximum atomic E-state index is 11.5. The monoisotopic (exact) mass is 656 g/mol. The van der Waals surface area contributed by atoms with Gasteiger partial charge in [0.15, 0.2) is 12.6 Å². The SMILES string of the molecule is CN[C@@H]1[C@@H](O)[C@@H](O[C@@H]2[C@@H](O)[C@H](O[C@H]3O[C@H]([C@@H](C)O)[C@H](OS(=O)(=O)O)[C@H](OS(=O)(=O)O)[C@H]3N)[C@@H](N)C[C@H]2N)OC[C@]1(C)O. The van der Waals surface area contributed by atoms with Crippen molar-refractivity contribution in [3.63, 3.8) is 0 Å². The third kappa shape index (κ3) is 8.29. The zero-order valence-corrected chi connectivity index (χ0v) is 24.4. The highest BCUT2D eigenvalue weighted by Crippen LogP contribution is 2.34. The third-order valence-electron chi connectivity index (χ3n) is 7.36. The predicted octanol–water partition coefficient (Wildman–Crippen LogP) is -5.96. The van der Waals surface area contributed by atoms with Crippen LogP contribution in [0.2, 0.25) is 0 Å². The molecule has 0 radical (unpaired) electrons. The first-order valence-corrected chi connectivity index (χ1v) is 15.5. The van der Waals surface area contributed by atoms with Crippen LogP contribution in [-0.2, 0) is 48.1 Å². The molecular formula is C20H40N4O16S2. The molecule has 13 N–H and O–H groups in total. The third-order valence-corrected chi connectivity index (χ3v) is 8.29. The summed E-state index contributed by atoms with van der Waals surface area (Å²) in [6.07, 6.45) is -16.6. The van der Waals surface area contributed by atoms with Gasteiger partial charge in [-0.1, -0.05) is 0 Å². The van der Waals surface area contributed by atoms with E-state index in [9.17, 15) is 46.4 Å². The number of rotatable bonds is 10. The fraction of sp³-hybridized carbons (Fsp3) is 1.00. The highest BCUT2D eigenvalue weighted by molar-refractivity contribution is 7.81. The number of aliphatic hydroxyl groups is 4. The molecule has 22 heteroatoms. The standard InChI is InChI=1S/C20H40N4O16S2/c1-6(25)12-16(40-42(32,33)34)15(39-41(29,30)31)9(23)18(36-12)37-13-7(21)4-8(22)14(10(13)26)38-19-11(27)17(24-3)20(2,28)5-35-19/h6-19,24-28H,4-5,21-23H2,1-3H3,(H,29,30,31)(H,32,33,34)/t6-,7+,8-,9-,10+,11-,12-,13-,14+,15-,16+,17-,18-,19-,20+/m1/s1. The van der Waals surface area contributed by atoms with Gasteiger partial charge < -0.3 is 61.9 Å². The van der Waals surface area contributed by atoms with E-state index < -0.39 is 112 Å². The van der Waals surface area contributed by atoms with Crippen molar-refractivity contribution in [3.8, 4) is 0 Å². The Bertz CT molecular complexity index is 1130. The first-order chi connectivity index (χ1) is 19.2. The highest BCUT2D eigenvalue weighted by atomic mass is 32.3. The number of hydrogen-bond donors (Lipinski definition) is 10. The van der Waals surface area contributed by atoms with E-state index in [-0.39, 0.29) is 13.0 Å². The van der Waals surface area contributed by atoms with Gasteiger partial charge in [0.1, 0.15) is 48.3 Å². The van der Waals surface area contributed by atoms with Crippen molar-refractivity contribution < 1.29 is 73.7 Å². The van der Waals surface area contributed by atoms with Crippen molar-refractivity contribution >= 4 is 20.8 Å². The van der Waals surface area contributed by atoms with Gasteiger partial charge >= 0.3 is 20.8 Å². The van der Waals surface area contributed by atoms with Crippen LogP contribution >= 0.6 is 0 Å². The van der Waals surface area contributed by atoms with Gasteiger partial charge in [0.05, 0.1) is 24.8 Å². The second-order valence-corrected chi connectivity index (χ2v) is 12.9. The van der Waals surface area contributed by atoms with Crippen LogP contribution in [0.15, 0.2) is 0 Å². The summed E-state index contributed by atoms with van der Waals surface area (Å²) in [6.45, 7) is 2.29. The van der Waals surface area contributed by atoms with Crippen molar-refractivity contribution in [1.29, 1.82) is 0 Å². The Kier molecular flexibility index (Phi) is 11.3. The molecule has 2 aliphatic heterocycles. The number of hydrogen-bond acceptors (Lipinski definition) is 18. The van der Waals surface area contributed by atoms with E-state index >= 15 is 0 Å². The van der Waals surface area contributed by atoms with Gasteiger partial charge in [0, 0.05) is 12.1 Å². The van der Waals surface area contributed by atoms with Crippen LogP contribution < -0.4 is 22.5 Å². The summed E-state index contributed by atoms with van der Waals surface area (Å²) in [7, 11) is -9.11. The smallest absolute Gasteiger partial charge is 0.391 e. The van der Waals surface area contributed by atoms with Crippen LogP contribution in [-0.4, -0.2) is 151 Å². The van der Waals surface area contributed by atoms with E-state index in [1.807, 2.05) is 0 Å². The summed E-state index contributed by atoms with van der Waals surface area (Å²) in [4.78, 5) is 0. The molecule has 3 rings (SSSR count). The average Bonchev–Trinajstić information content (AvgIpc) is 2.82. The fourth-order valence-electron chi connectivity index (χ4n) is 5.42. The Morgan fingerprint density at radius 3 is 1.88 bits per heavy atom. The van der Waals surface area contributed by atoms with Crippen LogP contribution in [0.5, 0.6) is 0 Å². The molecule has 15 atom stereocenters. The second-order valence-electron chi connectivity index (χ2n) is 10.8. The van der Waals surface area contributed by atoms with Gasteiger partial charge in [-0.3, -0.25) is 9.11 Å². The zero-order chi connectivity index (χ0) is 31.9. The van der Waals surface area contributed by atoms with Gasteiger partial charge in [0.2, 0.25) is 0 Å². The number of ether oxygens (including phenoxy) is 4. The Hall–Kier alpha value is -0.740. The summed E-state index contributed by atoms with van der Waals surface area (Å²) in [5, 5.41) is 45.4. The minimum atomic E-state index is -5.33. The molecule has 248 valence electrons. The molecule has 0 amide bonds. The molecule has 1 aliphatic carbocycles. The number of nitrogens with one attached hydrogen (secondary N) is 1. The zero-order valence-electron chi connectivity index (χ0n) is 22.8. The molecule has 0 bridgehead atoms. The maximum Gasteiger partial charge on any atom is 0.397 e. The van der Waals surface area contributed by atoms with Gasteiger partial charge in [0.25, 0.3) is 0 Å². The van der Waals surface area contributed by atoms with Gasteiger partial charge in [-0.15, -0.1) is 0 Å². The number of likely N-dealkylation sites (N-methyl/N-ethyl adjacent to an activating group) is 1. The summed E-state index contributed by atoms with van der Waals surface area (Å²) in [5.41, 5.74) is 16.9. The molecule has 20 nitrogen and oxygen atoms in total. The van der Waals surface area contributed by atoms with E-state index in [0.717, 1.165) is 6.92 Å². The number of aliphatic hydroxyl groups excluding tert-OH is 3. The highest BCUT2D eigenvalue weighted by Gasteiger charge is 2.55. The molecule has 3 aliphatic rings. The predicted molar refractivity (Wildman–Crippen MR) is 137 cm³/mol. The van der Waals surface area contributed by atoms with Crippen molar-refractivity contribution in [3.05, 3.63) is 0 Å². The van der Waals surface area contributed by atoms with Crippen LogP contribution in [0.4, 0.5) is 0 Å². The van der Waals surface area contributed by atoms with Crippen molar-refractivity contribution in [2.75, 3.05) is 13.7 Å². The summed E-state index contributed by atoms with van der Waals surface area (Å²) in [5.74, 6) is 0. The molecular weight excluding hydrogens is 616 g/mol. The Morgan fingerprint density at radius 1 is 0.905 bits per heavy atom. The fourth-order valence-corrected chi connectivity index (χ4v) is 6.44. The van der Waals surface area contributed by atoms with Gasteiger partial charge in [-0.05, 0) is 27.3 Å². The molecule has 0 aromatic rings. The largest absolute Gasteiger partial charge is 0.397 e. The van der Waals surface area contributed by atoms with Crippen LogP contribution in [0.3, 0.4) is 0 Å². The minimum absolute atomic E-state index is 0.0381. The minimum Gasteiger partial charge on any atom is -0.391 e. The van der Waals surface area contributed by atoms with Crippen LogP contribution in [0.1, 0.15) is 20.3 Å². The van der Waals surface area contributed by atoms with Crippen molar-refractivity contribution in [2.45, 2.75) is 111 Å². The normalized spacial score (nSPS) is 46.3. The molecule has 0 aromatic carbocycles. The quantitative estimate of drug-likeness (QED) is 0.0978. The molecule has 0 unspecified atom stereocenters. The molecule has 3 fully saturated rings. The van der Waals surface area contributed by atoms with Gasteiger partial charge in [-0.25, -0.2) is 8.37 Å². The summed E-state index contributed by atoms with van der Waals surface area (Å²) in [6, 6.07) is -4.63. The topological polar surface area (TPSA) is 335 Å². The Balaban J connectivity index is 1.85. The van der Waals surface area contributed by atoms with E-state index in [2.05, 4.69) is 13.7 Å². The van der Waals surface area contributed by atoms with E-state index in [1.165, 1.54) is 14.0 Å². The molecule has 0 spiro atoms. The Morgan fingerprint density at radius 2 is 1.40 bits per heavy atom. The first-order valence-electron chi connectivity index (χ1n) is 12.8. The molecule has 2 heterocycles. The van der Waals surface area contributed by atoms with E-state index in [1.54, 1.807) is 0 Å². The first kappa shape index (κ1) is 35.7. The van der Waals surface area contributed by atoms with Crippen LogP contribution in [0, 0.1) is 0 Å². The molecule has 1 saturated carbocycles. The summed E-state index contributed by atoms with van der Waals surface area (Å²) < 4.78 is 96.0. The van der Waals surface area contributed by atoms with Gasteiger partial charge in [-0.2, -0.15) is 16.8 Å². The van der Waals surface area contributed by atoms with Crippen LogP contribution in [0.25, 0.3) is 0 Å². The molecule has 42 heavy (non-hydrogen) atoms. The lowest BCUT2D eigenvalue weighted by molar-refractivity contribution is -0.317. The average molecular weight is 657 g/mol. The van der Waals surface area contributed by atoms with Crippen molar-refractivity contribution in [1.82, 2.24) is 5.32 Å². The summed E-state index contributed by atoms with van der Waals surface area (Å²) >= 11 is 0. The molecule has 2 saturated heterocycles. The van der Waals surface area contributed by atoms with E-state index in [4.69, 9.17) is 36.1 Å². The van der Waals surface area contributed by atoms with Crippen molar-refractivity contribution in [2.24, 2.45) is 17.2 Å². The lowest BCUT2D eigenvalue weighted by atomic mass is 9.84. The second kappa shape index (κ2) is 13.3. The lowest BCUT2D eigenvalue weighted by Crippen LogP contribution is -2.70. The Labute approximate surface area is 242 Å². The van der Waals surface area contributed by atoms with E-state index in [0.29, 0.717) is 0 Å².